The highest BCUT2D eigenvalue weighted by atomic mass is 16.8. The van der Waals surface area contributed by atoms with Gasteiger partial charge in [0.15, 0.2) is 17.9 Å². The lowest BCUT2D eigenvalue weighted by atomic mass is 9.98. The zero-order chi connectivity index (χ0) is 35.4. The number of carbonyl (C=O) groups is 3. The second-order valence-electron chi connectivity index (χ2n) is 12.5. The Kier molecular flexibility index (Phi) is 10.2. The third-order valence-electron chi connectivity index (χ3n) is 8.39. The lowest BCUT2D eigenvalue weighted by molar-refractivity contribution is -0.138. The Hall–Kier alpha value is -5.19. The molecule has 0 amide bonds. The van der Waals surface area contributed by atoms with Crippen molar-refractivity contribution >= 4 is 18.6 Å². The van der Waals surface area contributed by atoms with Gasteiger partial charge in [0.2, 0.25) is 12.1 Å². The number of aryl methyl sites for hydroxylation is 1. The molecular weight excluding hydrogens is 652 g/mol. The second-order valence-corrected chi connectivity index (χ2v) is 12.5. The number of ether oxygens (including phenoxy) is 6. The van der Waals surface area contributed by atoms with Gasteiger partial charge < -0.3 is 38.1 Å². The Labute approximate surface area is 287 Å². The van der Waals surface area contributed by atoms with Crippen LogP contribution in [0.25, 0.3) is 22.5 Å². The van der Waals surface area contributed by atoms with Crippen molar-refractivity contribution in [1.82, 2.24) is 30.2 Å². The van der Waals surface area contributed by atoms with Crippen LogP contribution in [-0.2, 0) is 51.8 Å². The lowest BCUT2D eigenvalue weighted by Crippen LogP contribution is -2.36. The quantitative estimate of drug-likeness (QED) is 0.0896. The van der Waals surface area contributed by atoms with Crippen LogP contribution < -0.4 is 0 Å². The molecule has 4 aromatic rings. The van der Waals surface area contributed by atoms with E-state index in [9.17, 15) is 19.5 Å². The molecule has 5 atom stereocenters. The highest BCUT2D eigenvalue weighted by Gasteiger charge is 2.51. The predicted octanol–water partition coefficient (Wildman–Crippen LogP) is 3.32. The summed E-state index contributed by atoms with van der Waals surface area (Å²) in [5.41, 5.74) is 2.19. The molecule has 2 saturated heterocycles. The average Bonchev–Trinajstić information content (AvgIpc) is 3.89. The molecule has 4 heterocycles. The van der Waals surface area contributed by atoms with Crippen LogP contribution >= 0.6 is 0 Å². The Balaban J connectivity index is 1.18. The summed E-state index contributed by atoms with van der Waals surface area (Å²) in [5, 5.41) is 25.5. The number of aromatic amines is 1. The van der Waals surface area contributed by atoms with Gasteiger partial charge in [-0.1, -0.05) is 55.5 Å². The maximum atomic E-state index is 13.8. The van der Waals surface area contributed by atoms with Crippen LogP contribution in [0, 0.1) is 0 Å². The van der Waals surface area contributed by atoms with Crippen LogP contribution in [0.1, 0.15) is 61.7 Å². The highest BCUT2D eigenvalue weighted by molar-refractivity contribution is 5.89. The molecular formula is C34H38N6O10. The second kappa shape index (κ2) is 14.7. The first-order valence-corrected chi connectivity index (χ1v) is 16.2. The SMILES string of the molecule is CCCc1nc(C(C)(C)O)c(C(=O)OC(C)OC(=O)O[C@@H]2CO[C@@H]3[C@H]2OC[C@H]3OC=O)n1Cc1ccc(-c2ccccc2-c2nn[nH]n2)cc1. The van der Waals surface area contributed by atoms with Crippen LogP contribution in [0.4, 0.5) is 4.79 Å². The summed E-state index contributed by atoms with van der Waals surface area (Å²) in [5.74, 6) is 0.213. The van der Waals surface area contributed by atoms with Gasteiger partial charge in [-0.3, -0.25) is 4.79 Å². The summed E-state index contributed by atoms with van der Waals surface area (Å²) in [6.45, 7) is 7.10. The van der Waals surface area contributed by atoms with Crippen molar-refractivity contribution in [2.45, 2.75) is 83.4 Å². The van der Waals surface area contributed by atoms with Crippen molar-refractivity contribution in [2.24, 2.45) is 0 Å². The lowest BCUT2D eigenvalue weighted by Gasteiger charge is -2.21. The molecule has 2 aromatic heterocycles. The van der Waals surface area contributed by atoms with Gasteiger partial charge in [0, 0.05) is 25.5 Å². The van der Waals surface area contributed by atoms with Gasteiger partial charge in [-0.25, -0.2) is 14.6 Å². The van der Waals surface area contributed by atoms with Gasteiger partial charge in [-0.05, 0) is 42.2 Å². The minimum atomic E-state index is -1.50. The number of hydrogen-bond acceptors (Lipinski definition) is 14. The van der Waals surface area contributed by atoms with Gasteiger partial charge in [0.05, 0.1) is 13.2 Å². The molecule has 1 unspecified atom stereocenters. The first kappa shape index (κ1) is 34.7. The molecule has 264 valence electrons. The Morgan fingerprint density at radius 1 is 1.06 bits per heavy atom. The maximum Gasteiger partial charge on any atom is 0.511 e. The van der Waals surface area contributed by atoms with E-state index in [1.807, 2.05) is 55.5 Å². The number of nitrogens with zero attached hydrogens (tertiary/aromatic N) is 5. The largest absolute Gasteiger partial charge is 0.511 e. The number of rotatable bonds is 13. The summed E-state index contributed by atoms with van der Waals surface area (Å²) in [6.07, 6.45) is -3.85. The first-order valence-electron chi connectivity index (χ1n) is 16.2. The minimum absolute atomic E-state index is 0.0119. The Morgan fingerprint density at radius 2 is 1.76 bits per heavy atom. The van der Waals surface area contributed by atoms with E-state index in [4.69, 9.17) is 28.4 Å². The van der Waals surface area contributed by atoms with E-state index in [1.54, 1.807) is 4.57 Å². The van der Waals surface area contributed by atoms with E-state index >= 15 is 0 Å². The zero-order valence-corrected chi connectivity index (χ0v) is 28.0. The number of nitrogens with one attached hydrogen (secondary N) is 1. The smallest absolute Gasteiger partial charge is 0.459 e. The molecule has 2 fully saturated rings. The van der Waals surface area contributed by atoms with Gasteiger partial charge in [0.1, 0.15) is 29.3 Å². The first-order chi connectivity index (χ1) is 24.1. The molecule has 16 nitrogen and oxygen atoms in total. The topological polar surface area (TPSA) is 199 Å². The number of benzene rings is 2. The Morgan fingerprint density at radius 3 is 2.42 bits per heavy atom. The van der Waals surface area contributed by atoms with Gasteiger partial charge in [-0.2, -0.15) is 5.21 Å². The number of fused-ring (bicyclic) bond motifs is 1. The predicted molar refractivity (Wildman–Crippen MR) is 172 cm³/mol. The minimum Gasteiger partial charge on any atom is -0.459 e. The summed E-state index contributed by atoms with van der Waals surface area (Å²) < 4.78 is 34.1. The van der Waals surface area contributed by atoms with Gasteiger partial charge in [-0.15, -0.1) is 10.2 Å². The van der Waals surface area contributed by atoms with Crippen LogP contribution in [0.15, 0.2) is 48.5 Å². The van der Waals surface area contributed by atoms with Gasteiger partial charge in [0.25, 0.3) is 6.47 Å². The number of imidazole rings is 1. The molecule has 6 rings (SSSR count). The number of hydrogen-bond donors (Lipinski definition) is 2. The number of carbonyl (C=O) groups excluding carboxylic acids is 3. The monoisotopic (exact) mass is 690 g/mol. The summed E-state index contributed by atoms with van der Waals surface area (Å²) >= 11 is 0. The molecule has 2 aliphatic heterocycles. The third kappa shape index (κ3) is 7.36. The number of H-pyrrole nitrogens is 1. The molecule has 0 saturated carbocycles. The third-order valence-corrected chi connectivity index (χ3v) is 8.39. The number of tetrazole rings is 1. The van der Waals surface area contributed by atoms with Crippen molar-refractivity contribution in [3.8, 4) is 22.5 Å². The van der Waals surface area contributed by atoms with Crippen LogP contribution in [0.3, 0.4) is 0 Å². The molecule has 0 aliphatic carbocycles. The van der Waals surface area contributed by atoms with Crippen LogP contribution in [0.5, 0.6) is 0 Å². The summed E-state index contributed by atoms with van der Waals surface area (Å²) in [6, 6.07) is 15.5. The van der Waals surface area contributed by atoms with E-state index in [2.05, 4.69) is 25.6 Å². The standard InChI is InChI=1S/C34H38N6O10/c1-5-8-26-35-30(34(3,4)44)27(32(42)48-19(2)49-33(43)50-25-17-46-28-24(47-18-41)16-45-29(25)28)40(26)15-20-11-13-21(14-12-20)22-9-6-7-10-23(22)31-36-38-39-37-31/h6-7,9-14,18-19,24-25,28-29,44H,5,8,15-17H2,1-4H3,(H,36,37,38,39)/t19?,24-,25-,28+,29+/m1/s1. The van der Waals surface area contributed by atoms with Crippen molar-refractivity contribution in [2.75, 3.05) is 13.2 Å². The molecule has 2 aliphatic rings. The van der Waals surface area contributed by atoms with Crippen molar-refractivity contribution in [3.05, 3.63) is 71.3 Å². The Bertz CT molecular complexity index is 1800. The molecule has 0 bridgehead atoms. The molecule has 2 N–H and O–H groups in total. The fourth-order valence-corrected chi connectivity index (χ4v) is 6.13. The van der Waals surface area contributed by atoms with E-state index in [0.29, 0.717) is 24.5 Å². The van der Waals surface area contributed by atoms with Crippen molar-refractivity contribution in [3.63, 3.8) is 0 Å². The van der Waals surface area contributed by atoms with E-state index < -0.39 is 48.4 Å². The number of aliphatic hydroxyl groups is 1. The summed E-state index contributed by atoms with van der Waals surface area (Å²) in [7, 11) is 0. The zero-order valence-electron chi connectivity index (χ0n) is 28.0. The van der Waals surface area contributed by atoms with Crippen molar-refractivity contribution < 1.29 is 47.9 Å². The van der Waals surface area contributed by atoms with Crippen LogP contribution in [-0.4, -0.2) is 97.8 Å². The summed E-state index contributed by atoms with van der Waals surface area (Å²) in [4.78, 5) is 41.9. The van der Waals surface area contributed by atoms with E-state index in [0.717, 1.165) is 28.7 Å². The fraction of sp³-hybridized carbons (Fsp3) is 0.441. The highest BCUT2D eigenvalue weighted by Crippen LogP contribution is 2.32. The average molecular weight is 691 g/mol. The van der Waals surface area contributed by atoms with Gasteiger partial charge >= 0.3 is 12.1 Å². The molecule has 50 heavy (non-hydrogen) atoms. The van der Waals surface area contributed by atoms with E-state index in [1.165, 1.54) is 20.8 Å². The van der Waals surface area contributed by atoms with E-state index in [-0.39, 0.29) is 31.1 Å². The van der Waals surface area contributed by atoms with Crippen LogP contribution in [0.2, 0.25) is 0 Å². The number of aromatic nitrogens is 6. The normalized spacial score (nSPS) is 20.6. The number of esters is 1. The molecule has 16 heteroatoms. The van der Waals surface area contributed by atoms with Crippen molar-refractivity contribution in [1.29, 1.82) is 0 Å². The maximum absolute atomic E-state index is 13.8. The molecule has 0 radical (unpaired) electrons. The molecule has 2 aromatic carbocycles. The fourth-order valence-electron chi connectivity index (χ4n) is 6.13. The molecule has 0 spiro atoms.